The van der Waals surface area contributed by atoms with Gasteiger partial charge < -0.3 is 19.1 Å². The molecular formula is C18H24N4O2. The van der Waals surface area contributed by atoms with Gasteiger partial charge in [0.2, 0.25) is 0 Å². The first kappa shape index (κ1) is 16.5. The van der Waals surface area contributed by atoms with E-state index in [9.17, 15) is 4.79 Å². The number of carbonyl (C=O) groups is 1. The number of fused-ring (bicyclic) bond motifs is 1. The molecule has 0 aromatic carbocycles. The molecule has 1 aliphatic rings. The number of aromatic nitrogens is 1. The van der Waals surface area contributed by atoms with Crippen LogP contribution < -0.4 is 4.90 Å². The number of likely N-dealkylation sites (N-methyl/N-ethyl adjacent to an activating group) is 1. The number of rotatable bonds is 4. The Morgan fingerprint density at radius 3 is 2.83 bits per heavy atom. The van der Waals surface area contributed by atoms with Gasteiger partial charge in [-0.1, -0.05) is 6.07 Å². The molecule has 6 heteroatoms. The molecule has 0 radical (unpaired) electrons. The number of hydrogen-bond donors (Lipinski definition) is 0. The van der Waals surface area contributed by atoms with Gasteiger partial charge in [-0.2, -0.15) is 0 Å². The Balaban J connectivity index is 1.85. The Morgan fingerprint density at radius 1 is 1.29 bits per heavy atom. The monoisotopic (exact) mass is 328 g/mol. The lowest BCUT2D eigenvalue weighted by atomic mass is 10.2. The molecule has 3 heterocycles. The maximum absolute atomic E-state index is 12.7. The fraction of sp³-hybridized carbons (Fsp3) is 0.444. The molecular weight excluding hydrogens is 304 g/mol. The number of furan rings is 1. The summed E-state index contributed by atoms with van der Waals surface area (Å²) in [4.78, 5) is 23.7. The van der Waals surface area contributed by atoms with E-state index < -0.39 is 0 Å². The van der Waals surface area contributed by atoms with Crippen molar-refractivity contribution < 1.29 is 9.21 Å². The lowest BCUT2D eigenvalue weighted by molar-refractivity contribution is 0.0750. The molecule has 0 aliphatic carbocycles. The lowest BCUT2D eigenvalue weighted by Crippen LogP contribution is -2.38. The van der Waals surface area contributed by atoms with E-state index in [2.05, 4.69) is 30.0 Å². The predicted molar refractivity (Wildman–Crippen MR) is 93.2 cm³/mol. The Morgan fingerprint density at radius 2 is 2.12 bits per heavy atom. The summed E-state index contributed by atoms with van der Waals surface area (Å²) in [5.41, 5.74) is 2.69. The fourth-order valence-corrected chi connectivity index (χ4v) is 2.88. The Hall–Kier alpha value is -2.34. The molecule has 0 fully saturated rings. The number of aryl methyl sites for hydroxylation is 1. The highest BCUT2D eigenvalue weighted by atomic mass is 16.3. The molecule has 0 spiro atoms. The van der Waals surface area contributed by atoms with Gasteiger partial charge in [0, 0.05) is 44.0 Å². The maximum atomic E-state index is 12.7. The molecule has 2 aromatic heterocycles. The normalized spacial score (nSPS) is 14.7. The van der Waals surface area contributed by atoms with Crippen LogP contribution in [0.2, 0.25) is 0 Å². The smallest absolute Gasteiger partial charge is 0.257 e. The Kier molecular flexibility index (Phi) is 4.85. The number of anilines is 1. The average molecular weight is 328 g/mol. The zero-order chi connectivity index (χ0) is 17.1. The molecule has 0 bridgehead atoms. The van der Waals surface area contributed by atoms with E-state index in [1.165, 1.54) is 12.5 Å². The highest BCUT2D eigenvalue weighted by Gasteiger charge is 2.25. The van der Waals surface area contributed by atoms with E-state index in [0.29, 0.717) is 18.7 Å². The molecule has 0 saturated carbocycles. The topological polar surface area (TPSA) is 52.8 Å². The molecule has 6 nitrogen and oxygen atoms in total. The van der Waals surface area contributed by atoms with Crippen LogP contribution in [0.25, 0.3) is 0 Å². The quantitative estimate of drug-likeness (QED) is 0.859. The second kappa shape index (κ2) is 7.05. The van der Waals surface area contributed by atoms with E-state index >= 15 is 0 Å². The van der Waals surface area contributed by atoms with Crippen LogP contribution in [0.4, 0.5) is 5.82 Å². The molecule has 0 N–H and O–H groups in total. The summed E-state index contributed by atoms with van der Waals surface area (Å²) in [5.74, 6) is 1.00. The maximum Gasteiger partial charge on any atom is 0.257 e. The summed E-state index contributed by atoms with van der Waals surface area (Å²) in [5, 5.41) is 0. The van der Waals surface area contributed by atoms with Gasteiger partial charge in [0.15, 0.2) is 0 Å². The number of pyridine rings is 1. The summed E-state index contributed by atoms with van der Waals surface area (Å²) in [6, 6.07) is 5.81. The van der Waals surface area contributed by atoms with Crippen LogP contribution >= 0.6 is 0 Å². The van der Waals surface area contributed by atoms with Gasteiger partial charge in [0.05, 0.1) is 11.8 Å². The highest BCUT2D eigenvalue weighted by molar-refractivity contribution is 5.94. The highest BCUT2D eigenvalue weighted by Crippen LogP contribution is 2.24. The van der Waals surface area contributed by atoms with E-state index in [4.69, 9.17) is 9.40 Å². The molecule has 3 rings (SSSR count). The van der Waals surface area contributed by atoms with Crippen molar-refractivity contribution in [3.8, 4) is 0 Å². The SMILES string of the molecule is Cc1ccc2c(n1)N(CCN(C)C)CCN(C(=O)c1ccoc1)C2. The van der Waals surface area contributed by atoms with Crippen LogP contribution in [-0.4, -0.2) is 61.0 Å². The van der Waals surface area contributed by atoms with Gasteiger partial charge in [-0.25, -0.2) is 4.98 Å². The first-order valence-electron chi connectivity index (χ1n) is 8.22. The van der Waals surface area contributed by atoms with E-state index in [1.54, 1.807) is 6.07 Å². The van der Waals surface area contributed by atoms with Crippen LogP contribution in [-0.2, 0) is 6.54 Å². The summed E-state index contributed by atoms with van der Waals surface area (Å²) in [6.45, 7) is 5.87. The molecule has 0 saturated heterocycles. The van der Waals surface area contributed by atoms with Crippen molar-refractivity contribution in [3.05, 3.63) is 47.5 Å². The van der Waals surface area contributed by atoms with Crippen molar-refractivity contribution >= 4 is 11.7 Å². The van der Waals surface area contributed by atoms with Crippen molar-refractivity contribution in [3.63, 3.8) is 0 Å². The fourth-order valence-electron chi connectivity index (χ4n) is 2.88. The van der Waals surface area contributed by atoms with Crippen LogP contribution in [0, 0.1) is 6.92 Å². The van der Waals surface area contributed by atoms with Crippen molar-refractivity contribution in [2.24, 2.45) is 0 Å². The second-order valence-electron chi connectivity index (χ2n) is 6.46. The summed E-state index contributed by atoms with van der Waals surface area (Å²) < 4.78 is 5.05. The Bertz CT molecular complexity index is 697. The third-order valence-electron chi connectivity index (χ3n) is 4.27. The largest absolute Gasteiger partial charge is 0.472 e. The van der Waals surface area contributed by atoms with E-state index in [0.717, 1.165) is 36.7 Å². The van der Waals surface area contributed by atoms with Gasteiger partial charge >= 0.3 is 0 Å². The van der Waals surface area contributed by atoms with Crippen LogP contribution in [0.5, 0.6) is 0 Å². The van der Waals surface area contributed by atoms with Gasteiger partial charge in [0.1, 0.15) is 12.1 Å². The third kappa shape index (κ3) is 3.59. The lowest BCUT2D eigenvalue weighted by Gasteiger charge is -2.25. The van der Waals surface area contributed by atoms with Crippen LogP contribution in [0.15, 0.2) is 35.1 Å². The molecule has 2 aromatic rings. The zero-order valence-corrected chi connectivity index (χ0v) is 14.5. The Labute approximate surface area is 142 Å². The minimum atomic E-state index is 0.00438. The van der Waals surface area contributed by atoms with Gasteiger partial charge in [0.25, 0.3) is 5.91 Å². The summed E-state index contributed by atoms with van der Waals surface area (Å²) in [7, 11) is 4.13. The van der Waals surface area contributed by atoms with Crippen molar-refractivity contribution in [1.82, 2.24) is 14.8 Å². The van der Waals surface area contributed by atoms with Gasteiger partial charge in [-0.05, 0) is 33.2 Å². The average Bonchev–Trinajstić information content (AvgIpc) is 3.02. The number of nitrogens with zero attached hydrogens (tertiary/aromatic N) is 4. The zero-order valence-electron chi connectivity index (χ0n) is 14.5. The van der Waals surface area contributed by atoms with Crippen molar-refractivity contribution in [2.45, 2.75) is 13.5 Å². The van der Waals surface area contributed by atoms with Crippen molar-refractivity contribution in [2.75, 3.05) is 45.2 Å². The molecule has 0 unspecified atom stereocenters. The molecule has 24 heavy (non-hydrogen) atoms. The van der Waals surface area contributed by atoms with E-state index in [1.807, 2.05) is 17.9 Å². The second-order valence-corrected chi connectivity index (χ2v) is 6.46. The third-order valence-corrected chi connectivity index (χ3v) is 4.27. The van der Waals surface area contributed by atoms with E-state index in [-0.39, 0.29) is 5.91 Å². The van der Waals surface area contributed by atoms with Crippen LogP contribution in [0.1, 0.15) is 21.6 Å². The number of hydrogen-bond acceptors (Lipinski definition) is 5. The van der Waals surface area contributed by atoms with Crippen LogP contribution in [0.3, 0.4) is 0 Å². The number of amides is 1. The minimum absolute atomic E-state index is 0.00438. The number of carbonyl (C=O) groups excluding carboxylic acids is 1. The molecule has 1 aliphatic heterocycles. The molecule has 1 amide bonds. The first-order chi connectivity index (χ1) is 11.5. The van der Waals surface area contributed by atoms with Crippen molar-refractivity contribution in [1.29, 1.82) is 0 Å². The predicted octanol–water partition coefficient (Wildman–Crippen LogP) is 2.01. The van der Waals surface area contributed by atoms with Gasteiger partial charge in [-0.15, -0.1) is 0 Å². The standard InChI is InChI=1S/C18H24N4O2/c1-14-4-5-15-12-22(18(23)16-6-11-24-13-16)10-9-21(17(15)19-14)8-7-20(2)3/h4-6,11,13H,7-10,12H2,1-3H3. The first-order valence-corrected chi connectivity index (χ1v) is 8.22. The molecule has 0 atom stereocenters. The summed E-state index contributed by atoms with van der Waals surface area (Å²) >= 11 is 0. The van der Waals surface area contributed by atoms with Gasteiger partial charge in [-0.3, -0.25) is 4.79 Å². The summed E-state index contributed by atoms with van der Waals surface area (Å²) in [6.07, 6.45) is 3.04. The minimum Gasteiger partial charge on any atom is -0.472 e. The molecule has 128 valence electrons.